The molecular weight excluding hydrogens is 516 g/mol. The first-order valence-electron chi connectivity index (χ1n) is 13.5. The second kappa shape index (κ2) is 12.7. The highest BCUT2D eigenvalue weighted by atomic mass is 16.7. The Morgan fingerprint density at radius 1 is 0.900 bits per heavy atom. The van der Waals surface area contributed by atoms with Crippen LogP contribution in [0.4, 0.5) is 0 Å². The van der Waals surface area contributed by atoms with Gasteiger partial charge in [0.15, 0.2) is 6.10 Å². The lowest BCUT2D eigenvalue weighted by atomic mass is 9.98. The van der Waals surface area contributed by atoms with Crippen molar-refractivity contribution in [2.24, 2.45) is 0 Å². The van der Waals surface area contributed by atoms with Crippen molar-refractivity contribution in [2.75, 3.05) is 6.61 Å². The number of aliphatic carboxylic acids is 1. The van der Waals surface area contributed by atoms with Crippen molar-refractivity contribution < 1.29 is 44.2 Å². The monoisotopic (exact) mass is 550 g/mol. The fourth-order valence-corrected chi connectivity index (χ4v) is 5.06. The maximum absolute atomic E-state index is 11.6. The van der Waals surface area contributed by atoms with Gasteiger partial charge in [-0.1, -0.05) is 48.5 Å². The van der Waals surface area contributed by atoms with Crippen LogP contribution in [0, 0.1) is 0 Å². The summed E-state index contributed by atoms with van der Waals surface area (Å²) in [7, 11) is 0. The number of aryl methyl sites for hydroxylation is 2. The van der Waals surface area contributed by atoms with Crippen LogP contribution in [0.1, 0.15) is 29.5 Å². The van der Waals surface area contributed by atoms with Crippen LogP contribution in [0.5, 0.6) is 17.2 Å². The summed E-state index contributed by atoms with van der Waals surface area (Å²) in [6.07, 6.45) is -4.85. The molecule has 2 heterocycles. The first-order valence-corrected chi connectivity index (χ1v) is 13.5. The van der Waals surface area contributed by atoms with Gasteiger partial charge in [-0.2, -0.15) is 0 Å². The summed E-state index contributed by atoms with van der Waals surface area (Å²) < 4.78 is 23.5. The van der Waals surface area contributed by atoms with Gasteiger partial charge in [-0.25, -0.2) is 4.79 Å². The molecule has 1 unspecified atom stereocenters. The molecule has 0 bridgehead atoms. The molecule has 0 radical (unpaired) electrons. The first kappa shape index (κ1) is 27.9. The second-order valence-electron chi connectivity index (χ2n) is 10.2. The molecule has 1 saturated heterocycles. The van der Waals surface area contributed by atoms with Gasteiger partial charge in [0.25, 0.3) is 0 Å². The highest BCUT2D eigenvalue weighted by Gasteiger charge is 2.48. The maximum Gasteiger partial charge on any atom is 0.335 e. The van der Waals surface area contributed by atoms with E-state index in [2.05, 4.69) is 12.1 Å². The minimum atomic E-state index is -1.79. The molecule has 0 amide bonds. The second-order valence-corrected chi connectivity index (χ2v) is 10.2. The number of hydrogen-bond donors (Lipinski definition) is 4. The molecule has 0 spiro atoms. The molecule has 2 aliphatic rings. The summed E-state index contributed by atoms with van der Waals surface area (Å²) in [5.74, 6) is 0.452. The third-order valence-corrected chi connectivity index (χ3v) is 7.24. The van der Waals surface area contributed by atoms with Gasteiger partial charge >= 0.3 is 5.97 Å². The lowest BCUT2D eigenvalue weighted by molar-refractivity contribution is -0.271. The zero-order chi connectivity index (χ0) is 28.1. The normalized spacial score (nSPS) is 25.6. The summed E-state index contributed by atoms with van der Waals surface area (Å²) in [5.41, 5.74) is 2.93. The Bertz CT molecular complexity index is 1270. The van der Waals surface area contributed by atoms with Gasteiger partial charge in [0, 0.05) is 12.0 Å². The first-order chi connectivity index (χ1) is 19.4. The number of aliphatic hydroxyl groups is 3. The molecule has 1 fully saturated rings. The summed E-state index contributed by atoms with van der Waals surface area (Å²) in [6.45, 7) is 0.454. The van der Waals surface area contributed by atoms with Gasteiger partial charge in [0.2, 0.25) is 6.29 Å². The Hall–Kier alpha value is -3.63. The molecule has 9 heteroatoms. The molecule has 9 nitrogen and oxygen atoms in total. The average Bonchev–Trinajstić information content (AvgIpc) is 3.37. The zero-order valence-electron chi connectivity index (χ0n) is 22.0. The number of aliphatic hydroxyl groups excluding tert-OH is 3. The predicted octanol–water partition coefficient (Wildman–Crippen LogP) is 2.91. The number of rotatable bonds is 11. The van der Waals surface area contributed by atoms with Gasteiger partial charge in [-0.3, -0.25) is 0 Å². The standard InChI is InChI=1S/C31H34O9/c32-26-27(33)29(30(35)36)40-31(28(26)34)39-24-18-21-16-23(14-13-19-8-3-1-4-9-19)38-25(21)17-20(24)10-7-15-37-22-11-5-2-6-12-22/h1-6,8-9,11-12,17-18,23,26-29,31-34H,7,10,13-16H2,(H,35,36)/t23?,26-,27-,28+,29-,31+/m0/s1. The highest BCUT2D eigenvalue weighted by Crippen LogP contribution is 2.38. The lowest BCUT2D eigenvalue weighted by Gasteiger charge is -2.38. The van der Waals surface area contributed by atoms with E-state index in [1.165, 1.54) is 5.56 Å². The Labute approximate surface area is 232 Å². The smallest absolute Gasteiger partial charge is 0.335 e. The van der Waals surface area contributed by atoms with E-state index in [0.717, 1.165) is 35.5 Å². The fourth-order valence-electron chi connectivity index (χ4n) is 5.06. The Kier molecular flexibility index (Phi) is 8.86. The van der Waals surface area contributed by atoms with Crippen LogP contribution in [0.15, 0.2) is 72.8 Å². The van der Waals surface area contributed by atoms with Crippen LogP contribution in [0.3, 0.4) is 0 Å². The quantitative estimate of drug-likeness (QED) is 0.266. The molecule has 6 atom stereocenters. The van der Waals surface area contributed by atoms with Crippen LogP contribution in [-0.2, 0) is 28.8 Å². The van der Waals surface area contributed by atoms with Crippen molar-refractivity contribution in [1.82, 2.24) is 0 Å². The van der Waals surface area contributed by atoms with E-state index in [9.17, 15) is 25.2 Å². The van der Waals surface area contributed by atoms with Gasteiger partial charge in [0.1, 0.15) is 41.7 Å². The van der Waals surface area contributed by atoms with Gasteiger partial charge in [-0.05, 0) is 61.1 Å². The third kappa shape index (κ3) is 6.56. The third-order valence-electron chi connectivity index (χ3n) is 7.24. The Morgan fingerprint density at radius 3 is 2.35 bits per heavy atom. The van der Waals surface area contributed by atoms with Crippen LogP contribution < -0.4 is 14.2 Å². The molecule has 4 N–H and O–H groups in total. The molecule has 0 saturated carbocycles. The van der Waals surface area contributed by atoms with Gasteiger partial charge < -0.3 is 39.4 Å². The lowest BCUT2D eigenvalue weighted by Crippen LogP contribution is -2.61. The number of para-hydroxylation sites is 1. The van der Waals surface area contributed by atoms with Crippen LogP contribution in [0.2, 0.25) is 0 Å². The largest absolute Gasteiger partial charge is 0.494 e. The number of fused-ring (bicyclic) bond motifs is 1. The van der Waals surface area contributed by atoms with E-state index in [1.807, 2.05) is 60.7 Å². The molecule has 3 aromatic carbocycles. The van der Waals surface area contributed by atoms with Gasteiger partial charge in [-0.15, -0.1) is 0 Å². The molecule has 5 rings (SSSR count). The number of hydrogen-bond acceptors (Lipinski definition) is 8. The molecule has 212 valence electrons. The number of ether oxygens (including phenoxy) is 4. The highest BCUT2D eigenvalue weighted by molar-refractivity contribution is 5.73. The van der Waals surface area contributed by atoms with Crippen molar-refractivity contribution in [3.63, 3.8) is 0 Å². The van der Waals surface area contributed by atoms with Crippen molar-refractivity contribution in [3.8, 4) is 17.2 Å². The van der Waals surface area contributed by atoms with Crippen molar-refractivity contribution in [2.45, 2.75) is 68.9 Å². The summed E-state index contributed by atoms with van der Waals surface area (Å²) in [4.78, 5) is 11.6. The van der Waals surface area contributed by atoms with Crippen LogP contribution >= 0.6 is 0 Å². The summed E-state index contributed by atoms with van der Waals surface area (Å²) in [5, 5.41) is 40.2. The van der Waals surface area contributed by atoms with E-state index in [0.29, 0.717) is 31.6 Å². The number of benzene rings is 3. The summed E-state index contributed by atoms with van der Waals surface area (Å²) in [6, 6.07) is 23.4. The Morgan fingerprint density at radius 2 is 1.62 bits per heavy atom. The van der Waals surface area contributed by atoms with Crippen molar-refractivity contribution >= 4 is 5.97 Å². The minimum absolute atomic E-state index is 0.00963. The predicted molar refractivity (Wildman–Crippen MR) is 145 cm³/mol. The van der Waals surface area contributed by atoms with E-state index in [-0.39, 0.29) is 6.10 Å². The van der Waals surface area contributed by atoms with Crippen LogP contribution in [-0.4, -0.2) is 69.8 Å². The molecule has 0 aromatic heterocycles. The number of carbonyl (C=O) groups is 1. The molecule has 0 aliphatic carbocycles. The topological polar surface area (TPSA) is 135 Å². The average molecular weight is 551 g/mol. The van der Waals surface area contributed by atoms with Crippen LogP contribution in [0.25, 0.3) is 0 Å². The molecule has 3 aromatic rings. The fraction of sp³-hybridized carbons (Fsp3) is 0.387. The number of carboxylic acids is 1. The van der Waals surface area contributed by atoms with Gasteiger partial charge in [0.05, 0.1) is 6.61 Å². The van der Waals surface area contributed by atoms with E-state index in [4.69, 9.17) is 18.9 Å². The molecule has 40 heavy (non-hydrogen) atoms. The SMILES string of the molecule is O=C(O)[C@H]1O[C@@H](Oc2cc3c(cc2CCCOc2ccccc2)OC(CCc2ccccc2)C3)[C@H](O)[C@@H](O)[C@@H]1O. The zero-order valence-corrected chi connectivity index (χ0v) is 22.0. The van der Waals surface area contributed by atoms with E-state index in [1.54, 1.807) is 0 Å². The maximum atomic E-state index is 11.6. The summed E-state index contributed by atoms with van der Waals surface area (Å²) >= 11 is 0. The van der Waals surface area contributed by atoms with E-state index < -0.39 is 36.7 Å². The van der Waals surface area contributed by atoms with E-state index >= 15 is 0 Å². The minimum Gasteiger partial charge on any atom is -0.494 e. The Balaban J connectivity index is 1.31. The molecule has 2 aliphatic heterocycles. The molecular formula is C31H34O9. The van der Waals surface area contributed by atoms with Crippen molar-refractivity contribution in [3.05, 3.63) is 89.5 Å². The number of carboxylic acid groups (broad SMARTS) is 1. The van der Waals surface area contributed by atoms with Crippen molar-refractivity contribution in [1.29, 1.82) is 0 Å².